The zero-order chi connectivity index (χ0) is 13.7. The van der Waals surface area contributed by atoms with E-state index in [0.29, 0.717) is 0 Å². The van der Waals surface area contributed by atoms with E-state index in [-0.39, 0.29) is 5.84 Å². The molecule has 0 saturated carbocycles. The Hall–Kier alpha value is -2.20. The molecule has 0 atom stereocenters. The van der Waals surface area contributed by atoms with Crippen molar-refractivity contribution in [3.63, 3.8) is 0 Å². The topological polar surface area (TPSA) is 66.0 Å². The molecule has 1 aromatic heterocycles. The Balaban J connectivity index is 1.95. The molecule has 0 radical (unpaired) electrons. The van der Waals surface area contributed by atoms with Crippen LogP contribution in [0, 0.1) is 5.41 Å². The van der Waals surface area contributed by atoms with E-state index in [1.165, 1.54) is 11.1 Å². The number of hydrogen-bond acceptors (Lipinski definition) is 3. The van der Waals surface area contributed by atoms with Gasteiger partial charge in [-0.3, -0.25) is 15.3 Å². The van der Waals surface area contributed by atoms with E-state index in [4.69, 9.17) is 11.1 Å². The second-order valence-electron chi connectivity index (χ2n) is 4.64. The van der Waals surface area contributed by atoms with E-state index in [2.05, 4.69) is 16.9 Å². The van der Waals surface area contributed by atoms with Crippen LogP contribution in [0.2, 0.25) is 0 Å². The number of nitrogens with two attached hydrogens (primary N) is 1. The largest absolute Gasteiger partial charge is 0.384 e. The van der Waals surface area contributed by atoms with Gasteiger partial charge < -0.3 is 5.73 Å². The lowest BCUT2D eigenvalue weighted by Crippen LogP contribution is -2.17. The van der Waals surface area contributed by atoms with Crippen LogP contribution in [0.4, 0.5) is 0 Å². The van der Waals surface area contributed by atoms with Crippen molar-refractivity contribution in [1.29, 1.82) is 5.41 Å². The van der Waals surface area contributed by atoms with Gasteiger partial charge in [-0.05, 0) is 30.3 Å². The molecule has 3 N–H and O–H groups in total. The van der Waals surface area contributed by atoms with E-state index in [1.54, 1.807) is 0 Å². The van der Waals surface area contributed by atoms with Gasteiger partial charge in [0.15, 0.2) is 0 Å². The Morgan fingerprint density at radius 1 is 1.05 bits per heavy atom. The molecule has 0 fully saturated rings. The fourth-order valence-corrected chi connectivity index (χ4v) is 1.96. The number of amidine groups is 1. The summed E-state index contributed by atoms with van der Waals surface area (Å²) in [6.45, 7) is 1.75. The molecule has 0 aliphatic rings. The van der Waals surface area contributed by atoms with E-state index < -0.39 is 0 Å². The summed E-state index contributed by atoms with van der Waals surface area (Å²) in [7, 11) is 2.08. The van der Waals surface area contributed by atoms with Gasteiger partial charge in [0, 0.05) is 31.0 Å². The molecule has 1 heterocycles. The van der Waals surface area contributed by atoms with Crippen LogP contribution in [-0.2, 0) is 13.1 Å². The number of rotatable bonds is 5. The number of nitrogens with one attached hydrogen (secondary N) is 1. The highest BCUT2D eigenvalue weighted by Gasteiger charge is 2.02. The van der Waals surface area contributed by atoms with Crippen molar-refractivity contribution in [2.75, 3.05) is 7.05 Å². The first-order chi connectivity index (χ1) is 9.15. The highest BCUT2D eigenvalue weighted by atomic mass is 15.1. The lowest BCUT2D eigenvalue weighted by atomic mass is 10.1. The molecule has 0 spiro atoms. The van der Waals surface area contributed by atoms with E-state index in [0.717, 1.165) is 18.7 Å². The lowest BCUT2D eigenvalue weighted by Gasteiger charge is -2.16. The van der Waals surface area contributed by atoms with Crippen molar-refractivity contribution in [3.8, 4) is 0 Å². The highest BCUT2D eigenvalue weighted by molar-refractivity contribution is 5.94. The van der Waals surface area contributed by atoms with Gasteiger partial charge >= 0.3 is 0 Å². The van der Waals surface area contributed by atoms with Crippen molar-refractivity contribution in [2.45, 2.75) is 13.1 Å². The number of nitrogen functional groups attached to an aromatic ring is 1. The summed E-state index contributed by atoms with van der Waals surface area (Å²) in [5.74, 6) is 0.108. The molecule has 98 valence electrons. The average molecular weight is 254 g/mol. The number of aromatic nitrogens is 1. The molecule has 19 heavy (non-hydrogen) atoms. The Morgan fingerprint density at radius 3 is 2.11 bits per heavy atom. The number of hydrogen-bond donors (Lipinski definition) is 2. The molecule has 0 amide bonds. The minimum absolute atomic E-state index is 0.108. The van der Waals surface area contributed by atoms with Gasteiger partial charge in [0.2, 0.25) is 0 Å². The summed E-state index contributed by atoms with van der Waals surface area (Å²) in [4.78, 5) is 6.25. The summed E-state index contributed by atoms with van der Waals surface area (Å²) < 4.78 is 0. The van der Waals surface area contributed by atoms with Crippen LogP contribution in [0.15, 0.2) is 48.8 Å². The van der Waals surface area contributed by atoms with E-state index in [9.17, 15) is 0 Å². The lowest BCUT2D eigenvalue weighted by molar-refractivity contribution is 0.319. The standard InChI is InChI=1S/C15H18N4/c1-19(11-13-6-8-18-9-7-13)10-12-2-4-14(5-3-12)15(16)17/h2-9H,10-11H2,1H3,(H3,16,17). The molecule has 2 aromatic rings. The third-order valence-corrected chi connectivity index (χ3v) is 2.92. The summed E-state index contributed by atoms with van der Waals surface area (Å²) in [5.41, 5.74) is 8.66. The zero-order valence-electron chi connectivity index (χ0n) is 11.0. The second-order valence-corrected chi connectivity index (χ2v) is 4.64. The quantitative estimate of drug-likeness (QED) is 0.633. The van der Waals surface area contributed by atoms with Crippen LogP contribution in [0.5, 0.6) is 0 Å². The molecule has 4 nitrogen and oxygen atoms in total. The zero-order valence-corrected chi connectivity index (χ0v) is 11.0. The molecular weight excluding hydrogens is 236 g/mol. The Bertz CT molecular complexity index is 534. The summed E-state index contributed by atoms with van der Waals surface area (Å²) in [6, 6.07) is 11.8. The molecular formula is C15H18N4. The maximum atomic E-state index is 7.36. The average Bonchev–Trinajstić information content (AvgIpc) is 2.40. The van der Waals surface area contributed by atoms with Crippen molar-refractivity contribution in [2.24, 2.45) is 5.73 Å². The summed E-state index contributed by atoms with van der Waals surface area (Å²) >= 11 is 0. The number of benzene rings is 1. The molecule has 1 aromatic carbocycles. The van der Waals surface area contributed by atoms with Gasteiger partial charge in [0.1, 0.15) is 5.84 Å². The molecule has 0 bridgehead atoms. The van der Waals surface area contributed by atoms with E-state index in [1.807, 2.05) is 48.8 Å². The Kier molecular flexibility index (Phi) is 4.26. The number of pyridine rings is 1. The predicted octanol–water partition coefficient (Wildman–Crippen LogP) is 2.00. The Labute approximate surface area is 113 Å². The minimum atomic E-state index is 0.108. The molecule has 2 rings (SSSR count). The summed E-state index contributed by atoms with van der Waals surface area (Å²) in [5, 5.41) is 7.36. The molecule has 4 heteroatoms. The first kappa shape index (κ1) is 13.2. The predicted molar refractivity (Wildman–Crippen MR) is 76.9 cm³/mol. The maximum absolute atomic E-state index is 7.36. The minimum Gasteiger partial charge on any atom is -0.384 e. The number of nitrogens with zero attached hydrogens (tertiary/aromatic N) is 2. The molecule has 0 aliphatic heterocycles. The fraction of sp³-hybridized carbons (Fsp3) is 0.200. The SMILES string of the molecule is CN(Cc1ccncc1)Cc1ccc(C(=N)N)cc1. The fourth-order valence-electron chi connectivity index (χ4n) is 1.96. The highest BCUT2D eigenvalue weighted by Crippen LogP contribution is 2.09. The van der Waals surface area contributed by atoms with Gasteiger partial charge in [-0.25, -0.2) is 0 Å². The van der Waals surface area contributed by atoms with Gasteiger partial charge in [0.25, 0.3) is 0 Å². The van der Waals surface area contributed by atoms with Crippen LogP contribution in [0.1, 0.15) is 16.7 Å². The van der Waals surface area contributed by atoms with Crippen LogP contribution in [0.25, 0.3) is 0 Å². The molecule has 0 unspecified atom stereocenters. The van der Waals surface area contributed by atoms with Crippen LogP contribution >= 0.6 is 0 Å². The monoisotopic (exact) mass is 254 g/mol. The Morgan fingerprint density at radius 2 is 1.58 bits per heavy atom. The van der Waals surface area contributed by atoms with Crippen LogP contribution in [-0.4, -0.2) is 22.8 Å². The van der Waals surface area contributed by atoms with Gasteiger partial charge in [-0.2, -0.15) is 0 Å². The third kappa shape index (κ3) is 3.89. The van der Waals surface area contributed by atoms with E-state index >= 15 is 0 Å². The van der Waals surface area contributed by atoms with Crippen molar-refractivity contribution < 1.29 is 0 Å². The van der Waals surface area contributed by atoms with Gasteiger partial charge in [-0.1, -0.05) is 24.3 Å². The third-order valence-electron chi connectivity index (χ3n) is 2.92. The van der Waals surface area contributed by atoms with Crippen molar-refractivity contribution >= 4 is 5.84 Å². The van der Waals surface area contributed by atoms with Crippen molar-refractivity contribution in [1.82, 2.24) is 9.88 Å². The second kappa shape index (κ2) is 6.11. The van der Waals surface area contributed by atoms with Gasteiger partial charge in [0.05, 0.1) is 0 Å². The molecule has 0 saturated heterocycles. The first-order valence-corrected chi connectivity index (χ1v) is 6.16. The van der Waals surface area contributed by atoms with Crippen LogP contribution < -0.4 is 5.73 Å². The van der Waals surface area contributed by atoms with Gasteiger partial charge in [-0.15, -0.1) is 0 Å². The van der Waals surface area contributed by atoms with Crippen molar-refractivity contribution in [3.05, 3.63) is 65.5 Å². The van der Waals surface area contributed by atoms with Crippen LogP contribution in [0.3, 0.4) is 0 Å². The summed E-state index contributed by atoms with van der Waals surface area (Å²) in [6.07, 6.45) is 3.62. The molecule has 0 aliphatic carbocycles. The normalized spacial score (nSPS) is 10.6. The smallest absolute Gasteiger partial charge is 0.122 e. The first-order valence-electron chi connectivity index (χ1n) is 6.16. The maximum Gasteiger partial charge on any atom is 0.122 e.